The third kappa shape index (κ3) is 4.65. The summed E-state index contributed by atoms with van der Waals surface area (Å²) < 4.78 is 5.14. The molecule has 2 N–H and O–H groups in total. The van der Waals surface area contributed by atoms with Crippen molar-refractivity contribution in [1.29, 1.82) is 0 Å². The molecule has 0 radical (unpaired) electrons. The number of hydrogen-bond donors (Lipinski definition) is 2. The summed E-state index contributed by atoms with van der Waals surface area (Å²) in [7, 11) is 0. The molecular weight excluding hydrogens is 396 g/mol. The van der Waals surface area contributed by atoms with E-state index in [1.54, 1.807) is 24.3 Å². The number of carbonyl (C=O) groups is 2. The number of nitrogens with zero attached hydrogens (tertiary/aromatic N) is 2. The van der Waals surface area contributed by atoms with Crippen molar-refractivity contribution in [3.8, 4) is 0 Å². The van der Waals surface area contributed by atoms with Crippen molar-refractivity contribution in [1.82, 2.24) is 5.32 Å². The van der Waals surface area contributed by atoms with Gasteiger partial charge < -0.3 is 15.1 Å². The number of amides is 2. The zero-order chi connectivity index (χ0) is 21.7. The Balaban J connectivity index is 1.83. The highest BCUT2D eigenvalue weighted by Crippen LogP contribution is 2.24. The highest BCUT2D eigenvalue weighted by molar-refractivity contribution is 6.09. The average molecular weight is 410 g/mol. The first kappa shape index (κ1) is 20.2. The van der Waals surface area contributed by atoms with E-state index in [9.17, 15) is 29.8 Å². The normalized spacial score (nSPS) is 10.3. The van der Waals surface area contributed by atoms with Gasteiger partial charge in [0, 0.05) is 12.1 Å². The van der Waals surface area contributed by atoms with Crippen LogP contribution in [0.2, 0.25) is 0 Å². The lowest BCUT2D eigenvalue weighted by Crippen LogP contribution is -2.24. The number of hydrogen-bond acceptors (Lipinski definition) is 7. The van der Waals surface area contributed by atoms with Crippen molar-refractivity contribution in [2.45, 2.75) is 6.54 Å². The summed E-state index contributed by atoms with van der Waals surface area (Å²) in [5, 5.41) is 27.1. The van der Waals surface area contributed by atoms with Crippen molar-refractivity contribution in [3.05, 3.63) is 98.0 Å². The van der Waals surface area contributed by atoms with E-state index in [2.05, 4.69) is 10.6 Å². The molecule has 0 saturated carbocycles. The predicted molar refractivity (Wildman–Crippen MR) is 104 cm³/mol. The maximum Gasteiger partial charge on any atom is 0.277 e. The van der Waals surface area contributed by atoms with Crippen molar-refractivity contribution < 1.29 is 23.9 Å². The van der Waals surface area contributed by atoms with E-state index >= 15 is 0 Å². The van der Waals surface area contributed by atoms with Gasteiger partial charge in [-0.05, 0) is 24.3 Å². The van der Waals surface area contributed by atoms with Gasteiger partial charge in [0.2, 0.25) is 0 Å². The summed E-state index contributed by atoms with van der Waals surface area (Å²) in [5.74, 6) is -0.797. The monoisotopic (exact) mass is 410 g/mol. The SMILES string of the molecule is O=C(Nc1ccccc1C(=O)NCc1ccco1)c1cc([N+](=O)[O-])cc([N+](=O)[O-])c1. The second-order valence-corrected chi connectivity index (χ2v) is 6.01. The molecule has 0 bridgehead atoms. The molecule has 0 aliphatic heterocycles. The number of anilines is 1. The molecule has 0 aliphatic carbocycles. The Labute approximate surface area is 168 Å². The van der Waals surface area contributed by atoms with Crippen molar-refractivity contribution in [3.63, 3.8) is 0 Å². The predicted octanol–water partition coefficient (Wildman–Crippen LogP) is 3.28. The van der Waals surface area contributed by atoms with E-state index in [1.165, 1.54) is 18.4 Å². The zero-order valence-corrected chi connectivity index (χ0v) is 15.2. The zero-order valence-electron chi connectivity index (χ0n) is 15.2. The molecule has 11 heteroatoms. The average Bonchev–Trinajstić information content (AvgIpc) is 3.25. The van der Waals surface area contributed by atoms with Crippen LogP contribution in [-0.4, -0.2) is 21.7 Å². The molecule has 0 spiro atoms. The van der Waals surface area contributed by atoms with Crippen molar-refractivity contribution >= 4 is 28.9 Å². The van der Waals surface area contributed by atoms with Crippen LogP contribution in [-0.2, 0) is 6.54 Å². The fourth-order valence-electron chi connectivity index (χ4n) is 2.60. The van der Waals surface area contributed by atoms with Crippen molar-refractivity contribution in [2.75, 3.05) is 5.32 Å². The van der Waals surface area contributed by atoms with E-state index < -0.39 is 33.0 Å². The molecule has 30 heavy (non-hydrogen) atoms. The fraction of sp³-hybridized carbons (Fsp3) is 0.0526. The van der Waals surface area contributed by atoms with Crippen LogP contribution in [0.15, 0.2) is 65.3 Å². The number of nitro groups is 2. The van der Waals surface area contributed by atoms with Crippen LogP contribution in [0.4, 0.5) is 17.1 Å². The van der Waals surface area contributed by atoms with Crippen LogP contribution in [0.3, 0.4) is 0 Å². The van der Waals surface area contributed by atoms with E-state index in [-0.39, 0.29) is 23.4 Å². The van der Waals surface area contributed by atoms with Crippen LogP contribution in [0.5, 0.6) is 0 Å². The summed E-state index contributed by atoms with van der Waals surface area (Å²) >= 11 is 0. The van der Waals surface area contributed by atoms with Gasteiger partial charge in [-0.15, -0.1) is 0 Å². The lowest BCUT2D eigenvalue weighted by molar-refractivity contribution is -0.394. The molecule has 152 valence electrons. The number of nitro benzene ring substituents is 2. The Morgan fingerprint density at radius 3 is 2.17 bits per heavy atom. The number of nitrogens with one attached hydrogen (secondary N) is 2. The van der Waals surface area contributed by atoms with Crippen LogP contribution < -0.4 is 10.6 Å². The first-order valence-corrected chi connectivity index (χ1v) is 8.50. The molecule has 3 rings (SSSR count). The summed E-state index contributed by atoms with van der Waals surface area (Å²) in [6.07, 6.45) is 1.47. The van der Waals surface area contributed by atoms with Crippen LogP contribution in [0, 0.1) is 20.2 Å². The molecule has 0 atom stereocenters. The maximum absolute atomic E-state index is 12.6. The third-order valence-electron chi connectivity index (χ3n) is 4.01. The number of para-hydroxylation sites is 1. The number of carbonyl (C=O) groups excluding carboxylic acids is 2. The molecule has 2 aromatic carbocycles. The smallest absolute Gasteiger partial charge is 0.277 e. The third-order valence-corrected chi connectivity index (χ3v) is 4.01. The Morgan fingerprint density at radius 1 is 0.900 bits per heavy atom. The Morgan fingerprint density at radius 2 is 1.57 bits per heavy atom. The minimum Gasteiger partial charge on any atom is -0.467 e. The maximum atomic E-state index is 12.6. The molecule has 2 amide bonds. The number of rotatable bonds is 7. The molecule has 0 unspecified atom stereocenters. The Bertz CT molecular complexity index is 1090. The highest BCUT2D eigenvalue weighted by atomic mass is 16.6. The highest BCUT2D eigenvalue weighted by Gasteiger charge is 2.21. The fourth-order valence-corrected chi connectivity index (χ4v) is 2.60. The van der Waals surface area contributed by atoms with Gasteiger partial charge in [0.1, 0.15) is 5.76 Å². The largest absolute Gasteiger partial charge is 0.467 e. The minimum absolute atomic E-state index is 0.130. The standard InChI is InChI=1S/C19H14N4O7/c24-18(12-8-13(22(26)27)10-14(9-12)23(28)29)21-17-6-2-1-5-16(17)19(25)20-11-15-4-3-7-30-15/h1-10H,11H2,(H,20,25)(H,21,24). The van der Waals surface area contributed by atoms with Crippen LogP contribution in [0.1, 0.15) is 26.5 Å². The van der Waals surface area contributed by atoms with Gasteiger partial charge in [0.05, 0.1) is 45.5 Å². The van der Waals surface area contributed by atoms with E-state index in [0.717, 1.165) is 18.2 Å². The van der Waals surface area contributed by atoms with Gasteiger partial charge in [0.25, 0.3) is 23.2 Å². The molecule has 1 aromatic heterocycles. The minimum atomic E-state index is -0.840. The topological polar surface area (TPSA) is 158 Å². The van der Waals surface area contributed by atoms with E-state index in [4.69, 9.17) is 4.42 Å². The molecular formula is C19H14N4O7. The van der Waals surface area contributed by atoms with Crippen molar-refractivity contribution in [2.24, 2.45) is 0 Å². The Kier molecular flexibility index (Phi) is 5.82. The number of non-ortho nitro benzene ring substituents is 2. The molecule has 3 aromatic rings. The summed E-state index contributed by atoms with van der Waals surface area (Å²) in [4.78, 5) is 45.4. The van der Waals surface area contributed by atoms with E-state index in [1.807, 2.05) is 0 Å². The first-order chi connectivity index (χ1) is 14.3. The van der Waals surface area contributed by atoms with Crippen LogP contribution >= 0.6 is 0 Å². The number of furan rings is 1. The van der Waals surface area contributed by atoms with Gasteiger partial charge in [-0.1, -0.05) is 12.1 Å². The summed E-state index contributed by atoms with van der Waals surface area (Å²) in [6, 6.07) is 12.1. The first-order valence-electron chi connectivity index (χ1n) is 8.50. The van der Waals surface area contributed by atoms with Crippen LogP contribution in [0.25, 0.3) is 0 Å². The Hall–Kier alpha value is -4.54. The second-order valence-electron chi connectivity index (χ2n) is 6.01. The lowest BCUT2D eigenvalue weighted by atomic mass is 10.1. The molecule has 0 aliphatic rings. The van der Waals surface area contributed by atoms with E-state index in [0.29, 0.717) is 5.76 Å². The van der Waals surface area contributed by atoms with Gasteiger partial charge in [-0.2, -0.15) is 0 Å². The van der Waals surface area contributed by atoms with Gasteiger partial charge in [-0.3, -0.25) is 29.8 Å². The second kappa shape index (κ2) is 8.65. The summed E-state index contributed by atoms with van der Waals surface area (Å²) in [5.41, 5.74) is -1.22. The molecule has 1 heterocycles. The molecule has 0 fully saturated rings. The molecule has 11 nitrogen and oxygen atoms in total. The summed E-state index contributed by atoms with van der Waals surface area (Å²) in [6.45, 7) is 0.130. The number of benzene rings is 2. The van der Waals surface area contributed by atoms with Gasteiger partial charge >= 0.3 is 0 Å². The molecule has 0 saturated heterocycles. The van der Waals surface area contributed by atoms with Gasteiger partial charge in [0.15, 0.2) is 0 Å². The lowest BCUT2D eigenvalue weighted by Gasteiger charge is -2.11. The quantitative estimate of drug-likeness (QED) is 0.447. The van der Waals surface area contributed by atoms with Gasteiger partial charge in [-0.25, -0.2) is 0 Å².